The number of hydrogen-bond acceptors (Lipinski definition) is 19. The summed E-state index contributed by atoms with van der Waals surface area (Å²) in [6.45, 7) is 22.4. The number of aromatic amines is 2. The molecule has 8 heterocycles. The molecule has 1 aliphatic heterocycles. The van der Waals surface area contributed by atoms with Crippen molar-refractivity contribution < 1.29 is 73.2 Å². The third-order valence-corrected chi connectivity index (χ3v) is 25.6. The van der Waals surface area contributed by atoms with Crippen LogP contribution in [0.2, 0.25) is 44.8 Å². The fourth-order valence-corrected chi connectivity index (χ4v) is 15.5. The third kappa shape index (κ3) is 34.6. The van der Waals surface area contributed by atoms with Crippen LogP contribution < -0.4 is 22.7 Å². The van der Waals surface area contributed by atoms with Gasteiger partial charge in [-0.05, 0) is 231 Å². The number of nitrogens with two attached hydrogens (primary N) is 3. The quantitative estimate of drug-likeness (QED) is 0.0123. The van der Waals surface area contributed by atoms with Crippen LogP contribution in [0.1, 0.15) is 104 Å². The van der Waals surface area contributed by atoms with Crippen LogP contribution in [0.3, 0.4) is 0 Å². The van der Waals surface area contributed by atoms with Crippen molar-refractivity contribution in [3.8, 4) is 56.5 Å². The number of aromatic nitrogens is 7. The minimum absolute atomic E-state index is 0.0275. The van der Waals surface area contributed by atoms with E-state index < -0.39 is 92.5 Å². The normalized spacial score (nSPS) is 12.2. The van der Waals surface area contributed by atoms with Crippen molar-refractivity contribution in [1.29, 1.82) is 0 Å². The molecule has 0 saturated carbocycles. The standard InChI is InChI=1S/C24H19ClF2N2O3S.C13H9ClN2.C12H11ClN2.C11H9ClN2.C11H12F2O4S.C10H19BO3.C6H6BClO2.C5H5BrN2.C5H10Si/c1-2-9-33(31,32)13-15-5-8-20(26)21(22(15)27)23(30)19-12-29-24-18(19)10-16(11-28-24)14-3-6-17(25)7-4-14;14-12-3-1-9(2-4-12)11-7-10-5-6-15-13(10)16-8-11;1-8-6-10(7-15-12(8)14)9-2-4-11(13)5-3-9;12-10-4-1-8(2-5-10)9-3-6-11(13)14-7-9;1-2-5-18(16,17)6-7-3-4-8(12)9(10(7)13)11(14)15;1-6-12-8-7-11-13-9(2,3)10(4,5)14-11;8-6-3-1-5(2-4-6)7(9)10;6-4-1-2-5(7)8-3-4;1-5-6(2,3)4/h3-8,10-12H,2,9,13H2,1H3,(H,28,29);1-8H,(H,15,16);2-7H,1H3,(H2,14,15);1-7H,(H2,13,14);3-4H,2,5-6H2,1H3,(H,14,15);7-8H,6H2,1-5H3;1-4,9-10H;1-3H,(H2,7,8);1H,2-4H3/b;;;;;8-7+;;;. The lowest BCUT2D eigenvalue weighted by Crippen LogP contribution is -2.41. The number of benzene rings is 7. The van der Waals surface area contributed by atoms with Gasteiger partial charge in [0, 0.05) is 123 Å². The van der Waals surface area contributed by atoms with E-state index in [0.717, 1.165) is 99.3 Å². The van der Waals surface area contributed by atoms with Gasteiger partial charge in [-0.1, -0.05) is 164 Å². The average Bonchev–Trinajstić information content (AvgIpc) is 1.58. The van der Waals surface area contributed by atoms with E-state index in [1.807, 2.05) is 151 Å². The lowest BCUT2D eigenvalue weighted by Gasteiger charge is -2.32. The summed E-state index contributed by atoms with van der Waals surface area (Å²) in [5.41, 5.74) is 26.9. The number of carbonyl (C=O) groups is 2. The van der Waals surface area contributed by atoms with Gasteiger partial charge in [0.15, 0.2) is 19.7 Å². The number of halogens is 10. The topological polar surface area (TPSA) is 365 Å². The minimum Gasteiger partial charge on any atom is -0.502 e. The van der Waals surface area contributed by atoms with E-state index in [2.05, 4.69) is 82.1 Å². The van der Waals surface area contributed by atoms with Gasteiger partial charge in [0.1, 0.15) is 65.7 Å². The van der Waals surface area contributed by atoms with E-state index in [-0.39, 0.29) is 46.5 Å². The lowest BCUT2D eigenvalue weighted by molar-refractivity contribution is 0.00578. The largest absolute Gasteiger partial charge is 0.502 e. The molecular formula is C97H100B2BrCl5F4N10O12S2Si. The summed E-state index contributed by atoms with van der Waals surface area (Å²) >= 11 is 32.2. The van der Waals surface area contributed by atoms with Crippen LogP contribution in [0, 0.1) is 42.2 Å². The van der Waals surface area contributed by atoms with E-state index in [0.29, 0.717) is 69.0 Å². The molecule has 1 fully saturated rings. The van der Waals surface area contributed by atoms with Gasteiger partial charge in [-0.3, -0.25) is 4.79 Å². The van der Waals surface area contributed by atoms with Crippen molar-refractivity contribution in [1.82, 2.24) is 34.9 Å². The number of rotatable bonds is 19. The van der Waals surface area contributed by atoms with E-state index in [1.54, 1.807) is 118 Å². The van der Waals surface area contributed by atoms with Crippen molar-refractivity contribution in [3.63, 3.8) is 0 Å². The Morgan fingerprint density at radius 3 is 1.37 bits per heavy atom. The molecule has 0 amide bonds. The highest BCUT2D eigenvalue weighted by Crippen LogP contribution is 2.38. The smallest absolute Gasteiger partial charge is 0.490 e. The zero-order valence-electron chi connectivity index (χ0n) is 74.9. The number of hydrogen-bond donors (Lipinski definition) is 8. The number of carboxylic acids is 1. The summed E-state index contributed by atoms with van der Waals surface area (Å²) in [5.74, 6) is -5.51. The average molecular weight is 2040 g/mol. The van der Waals surface area contributed by atoms with Crippen molar-refractivity contribution >= 4 is 173 Å². The van der Waals surface area contributed by atoms with Crippen molar-refractivity contribution in [3.05, 3.63) is 336 Å². The van der Waals surface area contributed by atoms with Crippen LogP contribution in [0.4, 0.5) is 35.0 Å². The Morgan fingerprint density at radius 2 is 0.955 bits per heavy atom. The first-order chi connectivity index (χ1) is 63.2. The predicted octanol–water partition coefficient (Wildman–Crippen LogP) is 23.0. The lowest BCUT2D eigenvalue weighted by atomic mass is 9.81. The summed E-state index contributed by atoms with van der Waals surface area (Å²) in [6.07, 6.45) is 19.4. The molecule has 14 aromatic rings. The fraction of sp³-hybridized carbons (Fsp3) is 0.206. The first-order valence-corrected chi connectivity index (χ1v) is 51.1. The second kappa shape index (κ2) is 51.4. The summed E-state index contributed by atoms with van der Waals surface area (Å²) in [5, 5.41) is 30.8. The summed E-state index contributed by atoms with van der Waals surface area (Å²) in [7, 11) is -9.92. The highest BCUT2D eigenvalue weighted by Gasteiger charge is 2.50. The summed E-state index contributed by atoms with van der Waals surface area (Å²) < 4.78 is 121. The van der Waals surface area contributed by atoms with E-state index >= 15 is 4.39 Å². The van der Waals surface area contributed by atoms with E-state index in [1.165, 1.54) is 6.20 Å². The first-order valence-electron chi connectivity index (χ1n) is 41.3. The van der Waals surface area contributed by atoms with E-state index in [4.69, 9.17) is 111 Å². The molecule has 0 spiro atoms. The molecule has 1 aliphatic rings. The Kier molecular flexibility index (Phi) is 42.1. The van der Waals surface area contributed by atoms with Gasteiger partial charge in [0.05, 0.1) is 52.6 Å². The van der Waals surface area contributed by atoms with E-state index in [9.17, 15) is 39.6 Å². The number of terminal acetylenes is 1. The number of anilines is 3. The van der Waals surface area contributed by atoms with Gasteiger partial charge in [-0.2, -0.15) is 0 Å². The molecule has 134 heavy (non-hydrogen) atoms. The van der Waals surface area contributed by atoms with Gasteiger partial charge in [0.2, 0.25) is 5.78 Å². The molecule has 11 N–H and O–H groups in total. The number of nitrogen functional groups attached to an aromatic ring is 3. The number of H-pyrrole nitrogens is 2. The van der Waals surface area contributed by atoms with Crippen LogP contribution >= 0.6 is 73.9 Å². The maximum atomic E-state index is 15.2. The molecule has 7 aromatic carbocycles. The Hall–Kier alpha value is -11.3. The Labute approximate surface area is 812 Å². The minimum atomic E-state index is -3.59. The van der Waals surface area contributed by atoms with Crippen LogP contribution in [-0.2, 0) is 45.2 Å². The Bertz CT molecular complexity index is 6480. The number of nitrogens with one attached hydrogen (secondary N) is 2. The zero-order chi connectivity index (χ0) is 99.0. The van der Waals surface area contributed by atoms with Gasteiger partial charge in [-0.25, -0.2) is 64.1 Å². The molecule has 702 valence electrons. The molecule has 7 aromatic heterocycles. The second-order valence-corrected chi connectivity index (χ2v) is 43.9. The highest BCUT2D eigenvalue weighted by atomic mass is 79.9. The van der Waals surface area contributed by atoms with Crippen molar-refractivity contribution in [2.75, 3.05) is 35.3 Å². The molecule has 1 saturated heterocycles. The molecule has 0 radical (unpaired) electrons. The van der Waals surface area contributed by atoms with Crippen LogP contribution in [0.25, 0.3) is 66.6 Å². The molecule has 0 unspecified atom stereocenters. The third-order valence-electron chi connectivity index (χ3n) is 19.5. The highest BCUT2D eigenvalue weighted by molar-refractivity contribution is 9.10. The summed E-state index contributed by atoms with van der Waals surface area (Å²) in [6, 6.07) is 55.2. The number of aromatic carboxylic acids is 1. The number of nitrogens with zero attached hydrogens (tertiary/aromatic N) is 5. The monoisotopic (exact) mass is 2040 g/mol. The number of carbonyl (C=O) groups excluding carboxylic acids is 1. The zero-order valence-corrected chi connectivity index (χ0v) is 82.9. The molecule has 0 bridgehead atoms. The van der Waals surface area contributed by atoms with Gasteiger partial charge >= 0.3 is 20.2 Å². The molecule has 0 atom stereocenters. The fourth-order valence-electron chi connectivity index (χ4n) is 11.7. The van der Waals surface area contributed by atoms with Crippen LogP contribution in [-0.4, -0.2) is 130 Å². The number of pyridine rings is 5. The number of carboxylic acid groups (broad SMARTS) is 1. The second-order valence-electron chi connectivity index (χ2n) is 31.6. The first kappa shape index (κ1) is 110. The van der Waals surface area contributed by atoms with Crippen molar-refractivity contribution in [2.24, 2.45) is 0 Å². The number of aryl methyl sites for hydroxylation is 1. The number of sulfone groups is 2. The molecule has 0 aliphatic carbocycles. The van der Waals surface area contributed by atoms with Gasteiger partial charge in [-0.15, -0.1) is 12.0 Å². The Morgan fingerprint density at radius 1 is 0.552 bits per heavy atom. The molecular weight excluding hydrogens is 1940 g/mol. The molecule has 37 heteroatoms. The molecule has 22 nitrogen and oxygen atoms in total. The predicted molar refractivity (Wildman–Crippen MR) is 541 cm³/mol. The Balaban J connectivity index is 0.000000214. The maximum absolute atomic E-state index is 15.2. The number of fused-ring (bicyclic) bond motifs is 2. The van der Waals surface area contributed by atoms with Crippen molar-refractivity contribution in [2.45, 2.75) is 111 Å². The van der Waals surface area contributed by atoms with Gasteiger partial charge < -0.3 is 56.4 Å². The summed E-state index contributed by atoms with van der Waals surface area (Å²) in [4.78, 5) is 50.4. The maximum Gasteiger partial charge on any atom is 0.490 e. The van der Waals surface area contributed by atoms with Crippen LogP contribution in [0.5, 0.6) is 0 Å². The van der Waals surface area contributed by atoms with Crippen LogP contribution in [0.15, 0.2) is 254 Å². The molecule has 15 rings (SSSR count). The number of ether oxygens (including phenoxy) is 1. The number of ketones is 1. The van der Waals surface area contributed by atoms with Gasteiger partial charge in [0.25, 0.3) is 0 Å². The SMILES string of the molecule is C#C[Si](C)(C)C.CCCS(=O)(=O)Cc1ccc(F)c(C(=O)O)c1F.CCCS(=O)(=O)Cc1ccc(F)c(C(=O)c2c[nH]c3ncc(-c4ccc(Cl)cc4)cc23)c1F.CCO/C=C/B1OC(C)(C)C(C)(C)O1.Cc1cc(-c2ccc(Cl)cc2)cnc1N.Clc1ccc(-c2cnc3[nH]ccc3c2)cc1.Nc1ccc(-c2ccc(Cl)cc2)cn1.Nc1ccc(Br)cn1.OB(O)c1ccc(Cl)cc1.